The molecule has 0 saturated heterocycles. The molecule has 2 aliphatic carbocycles. The zero-order valence-electron chi connectivity index (χ0n) is 35.2. The van der Waals surface area contributed by atoms with Gasteiger partial charge in [0.2, 0.25) is 0 Å². The van der Waals surface area contributed by atoms with E-state index in [0.717, 1.165) is 35.7 Å². The molecule has 6 aromatic carbocycles. The maximum Gasteiger partial charge on any atom is -0.109 e. The Balaban J connectivity index is 0.000000265. The van der Waals surface area contributed by atoms with Crippen LogP contribution >= 0.6 is 23.2 Å². The van der Waals surface area contributed by atoms with Gasteiger partial charge in [-0.3, -0.25) is 6.08 Å². The summed E-state index contributed by atoms with van der Waals surface area (Å²) in [5.74, 6) is 1.05. The predicted octanol–water partition coefficient (Wildman–Crippen LogP) is 10.0. The van der Waals surface area contributed by atoms with Crippen LogP contribution in [-0.2, 0) is 43.5 Å². The number of benzene rings is 6. The standard InChI is InChI=1S/C35H37.C15H12Cl2.C5H5.2ClH.Zr/c1-5-13-24(3)30-22-34-28(20-32(30)26-15-9-7-10-16-26)19-29-21-33(27-17-11-8-12-18-27)31(23-35(29)34)25(4)14-6-2;16-14-8-2-6-12(10-14)4-1-5-13-7-3-9-15(17)11-13;1-2-4-5-3-1;;;/h7-12,15-18,20,22-25H,5-6,13-14,19H2,1-4H3;2-3,6-11H,4-5H2;1-3H,4H2;2*1H;/q-1;;-1;;;+2/p-2. The first-order valence-corrected chi connectivity index (χ1v) is 22.9. The van der Waals surface area contributed by atoms with Gasteiger partial charge in [-0.05, 0) is 41.0 Å². The molecule has 0 amide bonds. The number of hydrogen-bond donors (Lipinski definition) is 0. The molecule has 0 heterocycles. The first-order valence-electron chi connectivity index (χ1n) is 20.9. The van der Waals surface area contributed by atoms with Crippen LogP contribution in [0.15, 0.2) is 146 Å². The van der Waals surface area contributed by atoms with Gasteiger partial charge in [-0.25, -0.2) is 12.2 Å². The summed E-state index contributed by atoms with van der Waals surface area (Å²) in [6.07, 6.45) is 17.8. The molecule has 308 valence electrons. The van der Waals surface area contributed by atoms with Gasteiger partial charge in [0.25, 0.3) is 0 Å². The Bertz CT molecular complexity index is 2180. The monoisotopic (exact) mass is 944 g/mol. The van der Waals surface area contributed by atoms with Crippen LogP contribution in [0.3, 0.4) is 0 Å². The van der Waals surface area contributed by atoms with E-state index >= 15 is 0 Å². The Morgan fingerprint density at radius 3 is 1.68 bits per heavy atom. The van der Waals surface area contributed by atoms with Crippen molar-refractivity contribution >= 4 is 26.4 Å². The molecule has 0 radical (unpaired) electrons. The predicted molar refractivity (Wildman–Crippen MR) is 248 cm³/mol. The van der Waals surface area contributed by atoms with Gasteiger partial charge in [0.1, 0.15) is 0 Å². The van der Waals surface area contributed by atoms with Crippen LogP contribution in [0.4, 0.5) is 0 Å². The van der Waals surface area contributed by atoms with E-state index in [1.807, 2.05) is 48.6 Å². The van der Waals surface area contributed by atoms with Gasteiger partial charge in [-0.1, -0.05) is 142 Å². The average molecular weight is 948 g/mol. The molecule has 2 atom stereocenters. The van der Waals surface area contributed by atoms with Crippen molar-refractivity contribution in [1.29, 1.82) is 0 Å². The van der Waals surface area contributed by atoms with Gasteiger partial charge in [-0.2, -0.15) is 6.08 Å². The maximum atomic E-state index is 5.99. The maximum absolute atomic E-state index is 5.99. The first kappa shape index (κ1) is 49.4. The largest absolute Gasteiger partial charge is 1.00 e. The Kier molecular flexibility index (Phi) is 20.6. The third-order valence-corrected chi connectivity index (χ3v) is 12.3. The topological polar surface area (TPSA) is 0 Å². The second kappa shape index (κ2) is 25.0. The molecule has 2 unspecified atom stereocenters. The summed E-state index contributed by atoms with van der Waals surface area (Å²) in [6, 6.07) is 49.4. The second-order valence-corrected chi connectivity index (χ2v) is 18.2. The molecule has 6 aromatic rings. The van der Waals surface area contributed by atoms with Crippen LogP contribution < -0.4 is 24.8 Å². The van der Waals surface area contributed by atoms with Crippen molar-refractivity contribution in [1.82, 2.24) is 0 Å². The summed E-state index contributed by atoms with van der Waals surface area (Å²) in [4.78, 5) is 0. The molecular weight excluding hydrogens is 894 g/mol. The van der Waals surface area contributed by atoms with Crippen LogP contribution in [0.5, 0.6) is 0 Å². The Hall–Kier alpha value is -3.29. The number of fused-ring (bicyclic) bond motifs is 3. The first-order chi connectivity index (χ1) is 28.2. The van der Waals surface area contributed by atoms with E-state index in [2.05, 4.69) is 137 Å². The van der Waals surface area contributed by atoms with Gasteiger partial charge in [-0.15, -0.1) is 35.2 Å². The minimum atomic E-state index is 0. The molecule has 0 N–H and O–H groups in total. The molecule has 0 spiro atoms. The van der Waals surface area contributed by atoms with Gasteiger partial charge in [0.05, 0.1) is 0 Å². The Labute approximate surface area is 397 Å². The second-order valence-electron chi connectivity index (χ2n) is 15.6. The average Bonchev–Trinajstić information content (AvgIpc) is 3.93. The van der Waals surface area contributed by atoms with Gasteiger partial charge in [0, 0.05) is 0 Å². The normalized spacial score (nSPS) is 12.7. The van der Waals surface area contributed by atoms with E-state index in [-0.39, 0.29) is 24.8 Å². The van der Waals surface area contributed by atoms with Crippen molar-refractivity contribution < 1.29 is 49.0 Å². The molecule has 0 saturated carbocycles. The molecule has 0 fully saturated rings. The number of rotatable bonds is 12. The van der Waals surface area contributed by atoms with Gasteiger partial charge in [0.15, 0.2) is 0 Å². The third-order valence-electron chi connectivity index (χ3n) is 11.0. The summed E-state index contributed by atoms with van der Waals surface area (Å²) in [5.41, 5.74) is 16.4. The fraction of sp³-hybridized carbons (Fsp3) is 0.255. The minimum absolute atomic E-state index is 0. The molecule has 0 bridgehead atoms. The smallest absolute Gasteiger partial charge is 0.109 e. The van der Waals surface area contributed by atoms with Crippen molar-refractivity contribution in [2.75, 3.05) is 0 Å². The van der Waals surface area contributed by atoms with Crippen molar-refractivity contribution in [2.45, 2.75) is 90.9 Å². The summed E-state index contributed by atoms with van der Waals surface area (Å²) in [6.45, 7) is 9.36. The van der Waals surface area contributed by atoms with Crippen LogP contribution in [-0.4, -0.2) is 3.21 Å². The fourth-order valence-electron chi connectivity index (χ4n) is 8.11. The summed E-state index contributed by atoms with van der Waals surface area (Å²) in [7, 11) is 0. The zero-order chi connectivity index (χ0) is 40.9. The van der Waals surface area contributed by atoms with Crippen molar-refractivity contribution in [3.05, 3.63) is 201 Å². The molecule has 8 rings (SSSR count). The van der Waals surface area contributed by atoms with E-state index in [1.165, 1.54) is 120 Å². The van der Waals surface area contributed by atoms with Crippen molar-refractivity contribution in [3.63, 3.8) is 0 Å². The zero-order valence-corrected chi connectivity index (χ0v) is 40.7. The fourth-order valence-corrected chi connectivity index (χ4v) is 9.54. The molecule has 60 heavy (non-hydrogen) atoms. The van der Waals surface area contributed by atoms with E-state index in [4.69, 9.17) is 23.2 Å². The van der Waals surface area contributed by atoms with E-state index in [1.54, 1.807) is 0 Å². The van der Waals surface area contributed by atoms with E-state index in [0.29, 0.717) is 11.8 Å². The third kappa shape index (κ3) is 13.6. The van der Waals surface area contributed by atoms with Crippen LogP contribution in [0, 0.1) is 12.1 Å². The van der Waals surface area contributed by atoms with Crippen LogP contribution in [0.2, 0.25) is 10.0 Å². The van der Waals surface area contributed by atoms with Crippen molar-refractivity contribution in [2.24, 2.45) is 0 Å². The van der Waals surface area contributed by atoms with Gasteiger partial charge < -0.3 is 24.8 Å². The molecular formula is C55H54Cl4Zr-2. The quantitative estimate of drug-likeness (QED) is 0.107. The van der Waals surface area contributed by atoms with E-state index in [9.17, 15) is 0 Å². The van der Waals surface area contributed by atoms with Crippen LogP contribution in [0.1, 0.15) is 105 Å². The Morgan fingerprint density at radius 1 is 0.633 bits per heavy atom. The number of allylic oxidation sites excluding steroid dienone is 4. The Morgan fingerprint density at radius 2 is 1.18 bits per heavy atom. The SMILES string of the molecule is CCCC(C)c1cc2c([c-]c1-c1ccccc1)Cc1cc(-c3ccccc3)c(C(C)CCC)cc1-2.Clc1cccc(C[C](=[Zr+2])Cc2cccc(Cl)c2)c1.[C-]1=CC=CC1.[Cl-].[Cl-]. The molecule has 0 aromatic heterocycles. The molecule has 2 aliphatic rings. The molecule has 0 aliphatic heterocycles. The number of hydrogen-bond acceptors (Lipinski definition) is 0. The summed E-state index contributed by atoms with van der Waals surface area (Å²) in [5, 5.41) is 1.61. The molecule has 5 heteroatoms. The summed E-state index contributed by atoms with van der Waals surface area (Å²) < 4.78 is 1.49. The minimum Gasteiger partial charge on any atom is -1.00 e. The number of halogens is 4. The van der Waals surface area contributed by atoms with Crippen molar-refractivity contribution in [3.8, 4) is 33.4 Å². The van der Waals surface area contributed by atoms with E-state index < -0.39 is 0 Å². The van der Waals surface area contributed by atoms with Gasteiger partial charge >= 0.3 is 133 Å². The molecule has 0 nitrogen and oxygen atoms in total. The summed E-state index contributed by atoms with van der Waals surface area (Å²) >= 11 is 13.4. The van der Waals surface area contributed by atoms with Crippen LogP contribution in [0.25, 0.3) is 33.4 Å².